The lowest BCUT2D eigenvalue weighted by Crippen LogP contribution is -2.36. The molecule has 0 aromatic rings. The first-order valence-electron chi connectivity index (χ1n) is 6.12. The minimum Gasteiger partial charge on any atom is -0.481 e. The summed E-state index contributed by atoms with van der Waals surface area (Å²) < 4.78 is 0. The number of rotatable bonds is 4. The van der Waals surface area contributed by atoms with E-state index in [1.54, 1.807) is 0 Å². The van der Waals surface area contributed by atoms with Gasteiger partial charge in [-0.3, -0.25) is 4.79 Å². The fraction of sp³-hybridized carbons (Fsp3) is 0.917. The van der Waals surface area contributed by atoms with Crippen molar-refractivity contribution in [1.29, 1.82) is 0 Å². The van der Waals surface area contributed by atoms with Gasteiger partial charge in [-0.1, -0.05) is 13.3 Å². The molecule has 0 aromatic heterocycles. The first kappa shape index (κ1) is 10.9. The average Bonchev–Trinajstić information content (AvgIpc) is 2.56. The summed E-state index contributed by atoms with van der Waals surface area (Å²) in [6, 6.07) is 0. The van der Waals surface area contributed by atoms with E-state index in [0.29, 0.717) is 0 Å². The van der Waals surface area contributed by atoms with Gasteiger partial charge in [-0.25, -0.2) is 0 Å². The summed E-state index contributed by atoms with van der Waals surface area (Å²) in [4.78, 5) is 13.6. The maximum Gasteiger partial charge on any atom is 0.310 e. The molecule has 1 atom stereocenters. The number of carbonyl (C=O) groups is 1. The normalized spacial score (nSPS) is 32.9. The molecular weight excluding hydrogens is 190 g/mol. The van der Waals surface area contributed by atoms with Crippen LogP contribution in [0.15, 0.2) is 0 Å². The van der Waals surface area contributed by atoms with E-state index >= 15 is 0 Å². The van der Waals surface area contributed by atoms with E-state index in [1.807, 2.05) is 6.92 Å². The first-order valence-corrected chi connectivity index (χ1v) is 6.12. The van der Waals surface area contributed by atoms with Crippen LogP contribution < -0.4 is 0 Å². The van der Waals surface area contributed by atoms with E-state index in [-0.39, 0.29) is 0 Å². The number of hydrogen-bond acceptors (Lipinski definition) is 2. The first-order chi connectivity index (χ1) is 7.16. The standard InChI is InChI=1S/C12H21NO2/c1-2-12(11(14)15)6-7-13(9-12)8-10-4-3-5-10/h10H,2-9H2,1H3,(H,14,15). The van der Waals surface area contributed by atoms with E-state index in [2.05, 4.69) is 4.90 Å². The van der Waals surface area contributed by atoms with E-state index in [9.17, 15) is 9.90 Å². The van der Waals surface area contributed by atoms with Gasteiger partial charge in [0, 0.05) is 13.1 Å². The molecule has 0 bridgehead atoms. The maximum atomic E-state index is 11.2. The Hall–Kier alpha value is -0.570. The summed E-state index contributed by atoms with van der Waals surface area (Å²) in [5.41, 5.74) is -0.441. The second kappa shape index (κ2) is 4.12. The molecule has 0 aromatic carbocycles. The lowest BCUT2D eigenvalue weighted by atomic mass is 9.84. The van der Waals surface area contributed by atoms with Crippen LogP contribution in [-0.4, -0.2) is 35.6 Å². The highest BCUT2D eigenvalue weighted by molar-refractivity contribution is 5.75. The Morgan fingerprint density at radius 1 is 1.53 bits per heavy atom. The fourth-order valence-electron chi connectivity index (χ4n) is 2.77. The monoisotopic (exact) mass is 211 g/mol. The van der Waals surface area contributed by atoms with E-state index in [0.717, 1.165) is 38.4 Å². The number of likely N-dealkylation sites (tertiary alicyclic amines) is 1. The molecule has 3 nitrogen and oxygen atoms in total. The number of carboxylic acids is 1. The van der Waals surface area contributed by atoms with Gasteiger partial charge in [-0.05, 0) is 38.1 Å². The van der Waals surface area contributed by atoms with Crippen molar-refractivity contribution in [3.05, 3.63) is 0 Å². The molecule has 1 saturated heterocycles. The minimum absolute atomic E-state index is 0.441. The molecule has 0 radical (unpaired) electrons. The van der Waals surface area contributed by atoms with Crippen molar-refractivity contribution >= 4 is 5.97 Å². The van der Waals surface area contributed by atoms with Crippen molar-refractivity contribution in [3.63, 3.8) is 0 Å². The zero-order valence-corrected chi connectivity index (χ0v) is 9.54. The number of aliphatic carboxylic acids is 1. The molecule has 2 aliphatic rings. The largest absolute Gasteiger partial charge is 0.481 e. The Morgan fingerprint density at radius 3 is 2.67 bits per heavy atom. The van der Waals surface area contributed by atoms with Crippen LogP contribution in [0.5, 0.6) is 0 Å². The third-order valence-electron chi connectivity index (χ3n) is 4.30. The van der Waals surface area contributed by atoms with Gasteiger partial charge in [-0.2, -0.15) is 0 Å². The van der Waals surface area contributed by atoms with Crippen molar-refractivity contribution in [3.8, 4) is 0 Å². The fourth-order valence-corrected chi connectivity index (χ4v) is 2.77. The molecule has 86 valence electrons. The second-order valence-corrected chi connectivity index (χ2v) is 5.22. The van der Waals surface area contributed by atoms with Gasteiger partial charge >= 0.3 is 5.97 Å². The predicted molar refractivity (Wildman–Crippen MR) is 58.8 cm³/mol. The van der Waals surface area contributed by atoms with Crippen LogP contribution in [-0.2, 0) is 4.79 Å². The molecule has 15 heavy (non-hydrogen) atoms. The average molecular weight is 211 g/mol. The van der Waals surface area contributed by atoms with Gasteiger partial charge < -0.3 is 10.0 Å². The van der Waals surface area contributed by atoms with E-state index in [1.165, 1.54) is 19.3 Å². The highest BCUT2D eigenvalue weighted by Gasteiger charge is 2.43. The van der Waals surface area contributed by atoms with Crippen LogP contribution in [0, 0.1) is 11.3 Å². The molecule has 0 amide bonds. The van der Waals surface area contributed by atoms with E-state index in [4.69, 9.17) is 0 Å². The minimum atomic E-state index is -0.596. The maximum absolute atomic E-state index is 11.2. The van der Waals surface area contributed by atoms with Crippen molar-refractivity contribution in [1.82, 2.24) is 4.90 Å². The van der Waals surface area contributed by atoms with Crippen molar-refractivity contribution in [2.45, 2.75) is 39.0 Å². The van der Waals surface area contributed by atoms with Gasteiger partial charge in [0.25, 0.3) is 0 Å². The Morgan fingerprint density at radius 2 is 2.27 bits per heavy atom. The van der Waals surface area contributed by atoms with E-state index < -0.39 is 11.4 Å². The topological polar surface area (TPSA) is 40.5 Å². The van der Waals surface area contributed by atoms with Crippen molar-refractivity contribution in [2.24, 2.45) is 11.3 Å². The lowest BCUT2D eigenvalue weighted by Gasteiger charge is -2.31. The van der Waals surface area contributed by atoms with Gasteiger partial charge in [0.05, 0.1) is 5.41 Å². The second-order valence-electron chi connectivity index (χ2n) is 5.22. The molecule has 0 spiro atoms. The van der Waals surface area contributed by atoms with Gasteiger partial charge in [0.15, 0.2) is 0 Å². The quantitative estimate of drug-likeness (QED) is 0.773. The lowest BCUT2D eigenvalue weighted by molar-refractivity contribution is -0.148. The smallest absolute Gasteiger partial charge is 0.310 e. The summed E-state index contributed by atoms with van der Waals surface area (Å²) in [6.45, 7) is 4.89. The molecule has 1 N–H and O–H groups in total. The summed E-state index contributed by atoms with van der Waals surface area (Å²) >= 11 is 0. The summed E-state index contributed by atoms with van der Waals surface area (Å²) in [5.74, 6) is 0.257. The molecular formula is C12H21NO2. The molecule has 2 fully saturated rings. The molecule has 1 heterocycles. The number of nitrogens with zero attached hydrogens (tertiary/aromatic N) is 1. The molecule has 3 heteroatoms. The summed E-state index contributed by atoms with van der Waals surface area (Å²) in [6.07, 6.45) is 5.68. The predicted octanol–water partition coefficient (Wildman–Crippen LogP) is 1.97. The van der Waals surface area contributed by atoms with Crippen molar-refractivity contribution in [2.75, 3.05) is 19.6 Å². The van der Waals surface area contributed by atoms with Gasteiger partial charge in [-0.15, -0.1) is 0 Å². The van der Waals surface area contributed by atoms with Gasteiger partial charge in [0.1, 0.15) is 0 Å². The van der Waals surface area contributed by atoms with Crippen LogP contribution in [0.2, 0.25) is 0 Å². The Labute approximate surface area is 91.5 Å². The highest BCUT2D eigenvalue weighted by atomic mass is 16.4. The number of hydrogen-bond donors (Lipinski definition) is 1. The molecule has 2 rings (SSSR count). The van der Waals surface area contributed by atoms with Crippen LogP contribution in [0.1, 0.15) is 39.0 Å². The molecule has 1 saturated carbocycles. The van der Waals surface area contributed by atoms with Crippen molar-refractivity contribution < 1.29 is 9.90 Å². The van der Waals surface area contributed by atoms with Crippen LogP contribution in [0.25, 0.3) is 0 Å². The summed E-state index contributed by atoms with van der Waals surface area (Å²) in [5, 5.41) is 9.26. The highest BCUT2D eigenvalue weighted by Crippen LogP contribution is 2.36. The zero-order chi connectivity index (χ0) is 10.9. The number of carboxylic acid groups (broad SMARTS) is 1. The SMILES string of the molecule is CCC1(C(=O)O)CCN(CC2CCC2)C1. The van der Waals surface area contributed by atoms with Crippen LogP contribution >= 0.6 is 0 Å². The Bertz CT molecular complexity index is 250. The van der Waals surface area contributed by atoms with Gasteiger partial charge in [0.2, 0.25) is 0 Å². The van der Waals surface area contributed by atoms with Crippen LogP contribution in [0.3, 0.4) is 0 Å². The summed E-state index contributed by atoms with van der Waals surface area (Å²) in [7, 11) is 0. The zero-order valence-electron chi connectivity index (χ0n) is 9.54. The third-order valence-corrected chi connectivity index (χ3v) is 4.30. The molecule has 1 aliphatic heterocycles. The third kappa shape index (κ3) is 2.03. The molecule has 1 unspecified atom stereocenters. The Balaban J connectivity index is 1.89. The van der Waals surface area contributed by atoms with Crippen LogP contribution in [0.4, 0.5) is 0 Å². The Kier molecular flexibility index (Phi) is 3.01. The molecule has 1 aliphatic carbocycles.